The minimum atomic E-state index is -0.918. The van der Waals surface area contributed by atoms with Crippen LogP contribution in [0.2, 0.25) is 0 Å². The van der Waals surface area contributed by atoms with Crippen LogP contribution >= 0.6 is 0 Å². The number of hydrogen-bond acceptors (Lipinski definition) is 6. The van der Waals surface area contributed by atoms with E-state index in [1.54, 1.807) is 26.5 Å². The lowest BCUT2D eigenvalue weighted by Crippen LogP contribution is -2.44. The molecule has 8 nitrogen and oxygen atoms in total. The third-order valence-corrected chi connectivity index (χ3v) is 8.24. The number of nitrogens with zero attached hydrogens (tertiary/aromatic N) is 3. The Kier molecular flexibility index (Phi) is 10.5. The molecule has 3 aromatic rings. The number of amides is 2. The molecule has 4 unspecified atom stereocenters. The molecule has 1 aliphatic rings. The number of allylic oxidation sites excluding steroid dienone is 1. The van der Waals surface area contributed by atoms with Gasteiger partial charge in [-0.05, 0) is 72.8 Å². The maximum atomic E-state index is 15.2. The van der Waals surface area contributed by atoms with Crippen LogP contribution in [0.5, 0.6) is 5.75 Å². The van der Waals surface area contributed by atoms with Gasteiger partial charge in [0, 0.05) is 38.0 Å². The van der Waals surface area contributed by atoms with Crippen LogP contribution in [-0.4, -0.2) is 61.3 Å². The first kappa shape index (κ1) is 32.8. The van der Waals surface area contributed by atoms with Gasteiger partial charge in [0.25, 0.3) is 11.8 Å². The van der Waals surface area contributed by atoms with E-state index in [0.717, 1.165) is 37.0 Å². The van der Waals surface area contributed by atoms with Crippen LogP contribution < -0.4 is 21.3 Å². The van der Waals surface area contributed by atoms with Crippen molar-refractivity contribution in [2.75, 3.05) is 26.0 Å². The highest BCUT2D eigenvalue weighted by molar-refractivity contribution is 6.36. The second-order valence-electron chi connectivity index (χ2n) is 11.8. The molecule has 2 amide bonds. The maximum absolute atomic E-state index is 15.2. The number of likely N-dealkylation sites (N-methyl/N-ethyl adjacent to an activating group) is 1. The van der Waals surface area contributed by atoms with Gasteiger partial charge in [0.2, 0.25) is 0 Å². The summed E-state index contributed by atoms with van der Waals surface area (Å²) >= 11 is 0. The van der Waals surface area contributed by atoms with Crippen molar-refractivity contribution < 1.29 is 23.1 Å². The summed E-state index contributed by atoms with van der Waals surface area (Å²) in [6, 6.07) is 6.38. The molecule has 11 heteroatoms. The predicted molar refractivity (Wildman–Crippen MR) is 168 cm³/mol. The SMILES string of the molecule is [B]c1cc(OCC(=O)N(C)C)cc(F)c1-c1nc(C(=O)Nc2cnccc2C2CC(N)C(C(C)C)C(CC=C)C2)ccc1F. The fourth-order valence-corrected chi connectivity index (χ4v) is 6.22. The number of pyridine rings is 2. The number of ether oxygens (including phenoxy) is 1. The summed E-state index contributed by atoms with van der Waals surface area (Å²) in [5, 5.41) is 2.86. The number of rotatable bonds is 10. The molecule has 0 aliphatic heterocycles. The van der Waals surface area contributed by atoms with Gasteiger partial charge >= 0.3 is 0 Å². The second-order valence-corrected chi connectivity index (χ2v) is 11.8. The first-order chi connectivity index (χ1) is 20.9. The molecule has 2 aromatic heterocycles. The standard InChI is InChI=1S/C33H38BF2N5O3/c1-6-7-19-12-20(13-26(37)30(19)18(2)3)22-10-11-38-16-28(22)40-33(43)27-9-8-24(35)32(39-27)31-23(34)14-21(15-25(31)36)44-17-29(42)41(4)5/h6,8-11,14-16,18-20,26,30H,1,7,12-13,17,37H2,2-5H3,(H,40,43). The molecule has 0 saturated heterocycles. The van der Waals surface area contributed by atoms with E-state index in [0.29, 0.717) is 23.4 Å². The zero-order valence-corrected chi connectivity index (χ0v) is 25.5. The van der Waals surface area contributed by atoms with Crippen LogP contribution in [0.4, 0.5) is 14.5 Å². The monoisotopic (exact) mass is 601 g/mol. The van der Waals surface area contributed by atoms with Crippen molar-refractivity contribution in [3.8, 4) is 17.0 Å². The molecule has 1 aromatic carbocycles. The summed E-state index contributed by atoms with van der Waals surface area (Å²) in [6.07, 6.45) is 7.67. The Morgan fingerprint density at radius 2 is 1.95 bits per heavy atom. The molecule has 0 spiro atoms. The quantitative estimate of drug-likeness (QED) is 0.260. The number of anilines is 1. The summed E-state index contributed by atoms with van der Waals surface area (Å²) in [4.78, 5) is 34.9. The van der Waals surface area contributed by atoms with E-state index in [4.69, 9.17) is 18.3 Å². The molecule has 1 aliphatic carbocycles. The van der Waals surface area contributed by atoms with Gasteiger partial charge in [0.1, 0.15) is 36.6 Å². The van der Waals surface area contributed by atoms with Gasteiger partial charge < -0.3 is 20.7 Å². The zero-order valence-electron chi connectivity index (χ0n) is 25.5. The average Bonchev–Trinajstić information content (AvgIpc) is 2.96. The highest BCUT2D eigenvalue weighted by atomic mass is 19.1. The third kappa shape index (κ3) is 7.32. The fourth-order valence-electron chi connectivity index (χ4n) is 6.22. The molecule has 1 saturated carbocycles. The first-order valence-corrected chi connectivity index (χ1v) is 14.6. The van der Waals surface area contributed by atoms with Crippen LogP contribution in [0.25, 0.3) is 11.3 Å². The molecule has 2 heterocycles. The molecule has 4 atom stereocenters. The second kappa shape index (κ2) is 14.1. The Labute approximate surface area is 258 Å². The van der Waals surface area contributed by atoms with Gasteiger partial charge in [0.15, 0.2) is 6.61 Å². The molecule has 44 heavy (non-hydrogen) atoms. The summed E-state index contributed by atoms with van der Waals surface area (Å²) in [5.74, 6) is -1.51. The number of carbonyl (C=O) groups excluding carboxylic acids is 2. The van der Waals surface area contributed by atoms with E-state index in [9.17, 15) is 14.0 Å². The Morgan fingerprint density at radius 3 is 2.61 bits per heavy atom. The van der Waals surface area contributed by atoms with Gasteiger partial charge in [0.05, 0.1) is 11.9 Å². The molecular weight excluding hydrogens is 563 g/mol. The van der Waals surface area contributed by atoms with Crippen molar-refractivity contribution in [1.82, 2.24) is 14.9 Å². The summed E-state index contributed by atoms with van der Waals surface area (Å²) in [5.41, 5.74) is 7.02. The minimum absolute atomic E-state index is 0.00478. The van der Waals surface area contributed by atoms with Crippen molar-refractivity contribution in [2.45, 2.75) is 45.1 Å². The van der Waals surface area contributed by atoms with Gasteiger partial charge in [-0.25, -0.2) is 13.8 Å². The Hall–Kier alpha value is -4.12. The smallest absolute Gasteiger partial charge is 0.274 e. The maximum Gasteiger partial charge on any atom is 0.274 e. The van der Waals surface area contributed by atoms with E-state index < -0.39 is 23.2 Å². The molecule has 1 fully saturated rings. The van der Waals surface area contributed by atoms with Gasteiger partial charge in [-0.2, -0.15) is 0 Å². The van der Waals surface area contributed by atoms with E-state index in [1.165, 1.54) is 17.0 Å². The number of nitrogens with one attached hydrogen (secondary N) is 1. The van der Waals surface area contributed by atoms with E-state index in [-0.39, 0.29) is 46.9 Å². The predicted octanol–water partition coefficient (Wildman–Crippen LogP) is 4.60. The number of nitrogens with two attached hydrogens (primary N) is 1. The average molecular weight is 602 g/mol. The Morgan fingerprint density at radius 1 is 1.20 bits per heavy atom. The lowest BCUT2D eigenvalue weighted by Gasteiger charge is -2.43. The zero-order chi connectivity index (χ0) is 32.1. The van der Waals surface area contributed by atoms with Crippen LogP contribution in [0.3, 0.4) is 0 Å². The van der Waals surface area contributed by atoms with Crippen LogP contribution in [0, 0.1) is 29.4 Å². The first-order valence-electron chi connectivity index (χ1n) is 14.6. The fraction of sp³-hybridized carbons (Fsp3) is 0.394. The summed E-state index contributed by atoms with van der Waals surface area (Å²) in [7, 11) is 9.18. The van der Waals surface area contributed by atoms with Crippen molar-refractivity contribution in [3.05, 3.63) is 78.3 Å². The van der Waals surface area contributed by atoms with Gasteiger partial charge in [-0.1, -0.05) is 25.4 Å². The third-order valence-electron chi connectivity index (χ3n) is 8.24. The van der Waals surface area contributed by atoms with Crippen molar-refractivity contribution in [2.24, 2.45) is 23.5 Å². The summed E-state index contributed by atoms with van der Waals surface area (Å²) in [6.45, 7) is 8.00. The van der Waals surface area contributed by atoms with Crippen molar-refractivity contribution in [3.63, 3.8) is 0 Å². The molecule has 2 radical (unpaired) electrons. The number of benzene rings is 1. The number of carbonyl (C=O) groups is 2. The number of halogens is 2. The number of hydrogen-bond donors (Lipinski definition) is 2. The van der Waals surface area contributed by atoms with E-state index >= 15 is 4.39 Å². The van der Waals surface area contributed by atoms with Crippen molar-refractivity contribution >= 4 is 30.8 Å². The topological polar surface area (TPSA) is 110 Å². The largest absolute Gasteiger partial charge is 0.484 e. The van der Waals surface area contributed by atoms with E-state index in [1.807, 2.05) is 12.1 Å². The van der Waals surface area contributed by atoms with Crippen LogP contribution in [0.15, 0.2) is 55.4 Å². The van der Waals surface area contributed by atoms with Crippen LogP contribution in [-0.2, 0) is 4.79 Å². The highest BCUT2D eigenvalue weighted by Crippen LogP contribution is 2.45. The lowest BCUT2D eigenvalue weighted by molar-refractivity contribution is -0.130. The minimum Gasteiger partial charge on any atom is -0.484 e. The number of aromatic nitrogens is 2. The lowest BCUT2D eigenvalue weighted by atomic mass is 9.64. The Bertz CT molecular complexity index is 1510. The van der Waals surface area contributed by atoms with Gasteiger partial charge in [-0.15, -0.1) is 6.58 Å². The molecule has 230 valence electrons. The molecule has 0 bridgehead atoms. The van der Waals surface area contributed by atoms with E-state index in [2.05, 4.69) is 35.7 Å². The molecule has 4 rings (SSSR count). The normalized spacial score (nSPS) is 19.8. The van der Waals surface area contributed by atoms with Crippen LogP contribution in [0.1, 0.15) is 55.1 Å². The molecular formula is C33H38BF2N5O3. The molecule has 3 N–H and O–H groups in total. The van der Waals surface area contributed by atoms with Crippen molar-refractivity contribution in [1.29, 1.82) is 0 Å². The highest BCUT2D eigenvalue weighted by Gasteiger charge is 2.38. The summed E-state index contributed by atoms with van der Waals surface area (Å²) < 4.78 is 35.5. The van der Waals surface area contributed by atoms with Gasteiger partial charge in [-0.3, -0.25) is 14.6 Å². The Balaban J connectivity index is 1.58.